The maximum absolute atomic E-state index is 11.9. The second-order valence-corrected chi connectivity index (χ2v) is 5.02. The topological polar surface area (TPSA) is 49.4 Å². The summed E-state index contributed by atoms with van der Waals surface area (Å²) in [7, 11) is 0. The van der Waals surface area contributed by atoms with Crippen LogP contribution in [0.25, 0.3) is 0 Å². The van der Waals surface area contributed by atoms with Crippen LogP contribution in [0.15, 0.2) is 30.3 Å². The SMILES string of the molecule is O=C(N[C@@H]1CC(=O)N(c2ccccc2)C1)C1CC1. The number of para-hydroxylation sites is 1. The fourth-order valence-electron chi connectivity index (χ4n) is 2.33. The van der Waals surface area contributed by atoms with Crippen LogP contribution in [0.1, 0.15) is 19.3 Å². The standard InChI is InChI=1S/C14H16N2O2/c17-13-8-11(15-14(18)10-6-7-10)9-16(13)12-4-2-1-3-5-12/h1-5,10-11H,6-9H2,(H,15,18)/t11-/m1/s1. The van der Waals surface area contributed by atoms with Gasteiger partial charge >= 0.3 is 0 Å². The lowest BCUT2D eigenvalue weighted by atomic mass is 10.2. The predicted octanol–water partition coefficient (Wildman–Crippen LogP) is 1.32. The Labute approximate surface area is 106 Å². The Kier molecular flexibility index (Phi) is 2.78. The quantitative estimate of drug-likeness (QED) is 0.871. The van der Waals surface area contributed by atoms with Crippen molar-refractivity contribution in [2.24, 2.45) is 5.92 Å². The van der Waals surface area contributed by atoms with Crippen LogP contribution in [-0.2, 0) is 9.59 Å². The Morgan fingerprint density at radius 1 is 1.22 bits per heavy atom. The molecule has 1 N–H and O–H groups in total. The molecule has 2 aliphatic rings. The minimum absolute atomic E-state index is 0.0363. The first kappa shape index (κ1) is 11.3. The van der Waals surface area contributed by atoms with Crippen LogP contribution in [-0.4, -0.2) is 24.4 Å². The summed E-state index contributed by atoms with van der Waals surface area (Å²) in [6.07, 6.45) is 2.40. The highest BCUT2D eigenvalue weighted by Gasteiger charge is 2.35. The van der Waals surface area contributed by atoms with E-state index in [0.717, 1.165) is 18.5 Å². The average Bonchev–Trinajstić information content (AvgIpc) is 3.16. The smallest absolute Gasteiger partial charge is 0.229 e. The molecule has 1 heterocycles. The van der Waals surface area contributed by atoms with Crippen molar-refractivity contribution in [3.63, 3.8) is 0 Å². The summed E-state index contributed by atoms with van der Waals surface area (Å²) in [5.74, 6) is 0.399. The Balaban J connectivity index is 1.65. The van der Waals surface area contributed by atoms with E-state index in [4.69, 9.17) is 0 Å². The molecule has 1 aliphatic heterocycles. The van der Waals surface area contributed by atoms with Gasteiger partial charge in [-0.15, -0.1) is 0 Å². The molecule has 3 rings (SSSR count). The number of nitrogens with one attached hydrogen (secondary N) is 1. The van der Waals surface area contributed by atoms with Crippen LogP contribution in [0.5, 0.6) is 0 Å². The molecule has 0 radical (unpaired) electrons. The highest BCUT2D eigenvalue weighted by Crippen LogP contribution is 2.29. The molecule has 1 saturated carbocycles. The first-order valence-corrected chi connectivity index (χ1v) is 6.40. The van der Waals surface area contributed by atoms with Crippen molar-refractivity contribution >= 4 is 17.5 Å². The van der Waals surface area contributed by atoms with E-state index < -0.39 is 0 Å². The third-order valence-electron chi connectivity index (χ3n) is 3.49. The van der Waals surface area contributed by atoms with Gasteiger partial charge in [0.05, 0.1) is 6.04 Å². The molecule has 94 valence electrons. The minimum atomic E-state index is -0.0363. The largest absolute Gasteiger partial charge is 0.351 e. The fourth-order valence-corrected chi connectivity index (χ4v) is 2.33. The molecule has 1 saturated heterocycles. The van der Waals surface area contributed by atoms with E-state index in [1.807, 2.05) is 30.3 Å². The fraction of sp³-hybridized carbons (Fsp3) is 0.429. The van der Waals surface area contributed by atoms with Crippen LogP contribution in [0.2, 0.25) is 0 Å². The molecule has 2 fully saturated rings. The van der Waals surface area contributed by atoms with Crippen molar-refractivity contribution < 1.29 is 9.59 Å². The van der Waals surface area contributed by atoms with Crippen LogP contribution in [0.4, 0.5) is 5.69 Å². The lowest BCUT2D eigenvalue weighted by molar-refractivity contribution is -0.122. The number of anilines is 1. The molecule has 1 aromatic rings. The van der Waals surface area contributed by atoms with Gasteiger partial charge in [0.15, 0.2) is 0 Å². The molecular formula is C14H16N2O2. The summed E-state index contributed by atoms with van der Waals surface area (Å²) in [6, 6.07) is 9.56. The van der Waals surface area contributed by atoms with Gasteiger partial charge in [0, 0.05) is 24.6 Å². The molecule has 1 atom stereocenters. The van der Waals surface area contributed by atoms with Gasteiger partial charge < -0.3 is 10.2 Å². The van der Waals surface area contributed by atoms with Gasteiger partial charge in [-0.1, -0.05) is 18.2 Å². The van der Waals surface area contributed by atoms with Crippen molar-refractivity contribution in [1.82, 2.24) is 5.32 Å². The van der Waals surface area contributed by atoms with Crippen molar-refractivity contribution in [3.05, 3.63) is 30.3 Å². The second-order valence-electron chi connectivity index (χ2n) is 5.02. The summed E-state index contributed by atoms with van der Waals surface area (Å²) in [6.45, 7) is 0.585. The zero-order valence-corrected chi connectivity index (χ0v) is 10.1. The molecule has 1 aromatic carbocycles. The average molecular weight is 244 g/mol. The van der Waals surface area contributed by atoms with Crippen LogP contribution in [0, 0.1) is 5.92 Å². The zero-order chi connectivity index (χ0) is 12.5. The molecule has 0 aromatic heterocycles. The number of nitrogens with zero attached hydrogens (tertiary/aromatic N) is 1. The van der Waals surface area contributed by atoms with E-state index in [0.29, 0.717) is 13.0 Å². The number of hydrogen-bond donors (Lipinski definition) is 1. The Morgan fingerprint density at radius 3 is 2.61 bits per heavy atom. The van der Waals surface area contributed by atoms with Gasteiger partial charge in [-0.25, -0.2) is 0 Å². The number of carbonyl (C=O) groups excluding carboxylic acids is 2. The maximum Gasteiger partial charge on any atom is 0.229 e. The van der Waals surface area contributed by atoms with Crippen molar-refractivity contribution in [1.29, 1.82) is 0 Å². The Hall–Kier alpha value is -1.84. The van der Waals surface area contributed by atoms with Gasteiger partial charge in [-0.05, 0) is 25.0 Å². The third kappa shape index (κ3) is 2.23. The van der Waals surface area contributed by atoms with Gasteiger partial charge in [-0.3, -0.25) is 9.59 Å². The monoisotopic (exact) mass is 244 g/mol. The lowest BCUT2D eigenvalue weighted by Crippen LogP contribution is -2.37. The lowest BCUT2D eigenvalue weighted by Gasteiger charge is -2.17. The zero-order valence-electron chi connectivity index (χ0n) is 10.1. The summed E-state index contributed by atoms with van der Waals surface area (Å²) in [4.78, 5) is 25.3. The van der Waals surface area contributed by atoms with E-state index >= 15 is 0 Å². The summed E-state index contributed by atoms with van der Waals surface area (Å²) in [5, 5.41) is 2.97. The number of carbonyl (C=O) groups is 2. The maximum atomic E-state index is 11.9. The summed E-state index contributed by atoms with van der Waals surface area (Å²) in [5.41, 5.74) is 0.908. The molecule has 0 bridgehead atoms. The molecule has 0 unspecified atom stereocenters. The Bertz CT molecular complexity index is 468. The number of amides is 2. The van der Waals surface area contributed by atoms with Crippen molar-refractivity contribution in [2.75, 3.05) is 11.4 Å². The molecule has 2 amide bonds. The molecular weight excluding hydrogens is 228 g/mol. The number of benzene rings is 1. The van der Waals surface area contributed by atoms with Crippen LogP contribution >= 0.6 is 0 Å². The van der Waals surface area contributed by atoms with Gasteiger partial charge in [0.1, 0.15) is 0 Å². The van der Waals surface area contributed by atoms with E-state index in [9.17, 15) is 9.59 Å². The summed E-state index contributed by atoms with van der Waals surface area (Å²) >= 11 is 0. The minimum Gasteiger partial charge on any atom is -0.351 e. The first-order valence-electron chi connectivity index (χ1n) is 6.40. The molecule has 1 aliphatic carbocycles. The van der Waals surface area contributed by atoms with E-state index in [-0.39, 0.29) is 23.8 Å². The van der Waals surface area contributed by atoms with Crippen LogP contribution in [0.3, 0.4) is 0 Å². The molecule has 18 heavy (non-hydrogen) atoms. The highest BCUT2D eigenvalue weighted by molar-refractivity contribution is 5.97. The molecule has 4 nitrogen and oxygen atoms in total. The van der Waals surface area contributed by atoms with E-state index in [1.165, 1.54) is 0 Å². The highest BCUT2D eigenvalue weighted by atomic mass is 16.2. The van der Waals surface area contributed by atoms with Gasteiger partial charge in [0.25, 0.3) is 0 Å². The number of hydrogen-bond acceptors (Lipinski definition) is 2. The summed E-state index contributed by atoms with van der Waals surface area (Å²) < 4.78 is 0. The third-order valence-corrected chi connectivity index (χ3v) is 3.49. The van der Waals surface area contributed by atoms with E-state index in [2.05, 4.69) is 5.32 Å². The number of rotatable bonds is 3. The van der Waals surface area contributed by atoms with Crippen molar-refractivity contribution in [2.45, 2.75) is 25.3 Å². The normalized spacial score (nSPS) is 23.2. The molecule has 4 heteroatoms. The van der Waals surface area contributed by atoms with Gasteiger partial charge in [-0.2, -0.15) is 0 Å². The van der Waals surface area contributed by atoms with E-state index in [1.54, 1.807) is 4.90 Å². The first-order chi connectivity index (χ1) is 8.74. The van der Waals surface area contributed by atoms with Crippen molar-refractivity contribution in [3.8, 4) is 0 Å². The predicted molar refractivity (Wildman–Crippen MR) is 68.1 cm³/mol. The molecule has 0 spiro atoms. The second kappa shape index (κ2) is 4.44. The van der Waals surface area contributed by atoms with Gasteiger partial charge in [0.2, 0.25) is 11.8 Å². The van der Waals surface area contributed by atoms with Crippen LogP contribution < -0.4 is 10.2 Å². The Morgan fingerprint density at radius 2 is 1.94 bits per heavy atom.